The molecule has 0 aromatic heterocycles. The van der Waals surface area contributed by atoms with E-state index in [0.29, 0.717) is 25.8 Å². The Bertz CT molecular complexity index is 1100. The van der Waals surface area contributed by atoms with E-state index < -0.39 is 36.0 Å². The lowest BCUT2D eigenvalue weighted by molar-refractivity contribution is -0.139. The summed E-state index contributed by atoms with van der Waals surface area (Å²) in [6.07, 6.45) is 2.18. The van der Waals surface area contributed by atoms with E-state index >= 15 is 0 Å². The molecule has 13 N–H and O–H groups in total. The van der Waals surface area contributed by atoms with E-state index in [0.717, 1.165) is 18.5 Å². The predicted octanol–water partition coefficient (Wildman–Crippen LogP) is 0.651. The number of carbonyl (C=O) groups excluding carboxylic acids is 1. The molecular formula is C28H42N6O8. The van der Waals surface area contributed by atoms with Gasteiger partial charge in [-0.15, -0.1) is 0 Å². The van der Waals surface area contributed by atoms with E-state index in [4.69, 9.17) is 48.4 Å². The van der Waals surface area contributed by atoms with E-state index in [1.807, 2.05) is 18.2 Å². The van der Waals surface area contributed by atoms with Crippen LogP contribution in [0.5, 0.6) is 5.75 Å². The number of hydrogen-bond donors (Lipinski definition) is 9. The van der Waals surface area contributed by atoms with Crippen molar-refractivity contribution >= 4 is 29.8 Å². The highest BCUT2D eigenvalue weighted by atomic mass is 16.5. The normalized spacial score (nSPS) is 11.3. The number of ether oxygens (including phenoxy) is 1. The summed E-state index contributed by atoms with van der Waals surface area (Å²) in [5.41, 5.74) is 23.2. The summed E-state index contributed by atoms with van der Waals surface area (Å²) >= 11 is 0. The van der Waals surface area contributed by atoms with Gasteiger partial charge in [0.25, 0.3) is 0 Å². The Balaban J connectivity index is 0.000000672. The van der Waals surface area contributed by atoms with Crippen LogP contribution in [0.25, 0.3) is 0 Å². The second-order valence-electron chi connectivity index (χ2n) is 8.95. The van der Waals surface area contributed by atoms with Gasteiger partial charge in [-0.05, 0) is 61.9 Å². The molecule has 14 nitrogen and oxygen atoms in total. The standard InChI is InChI=1S/C14H17NO6.C8H11N.C6H14N4O2/c15-11(6-8-13(18)19)14(20)21-10-4-1-9(2-5-10)3-7-12(16)17;9-7-6-8-4-2-1-3-5-8;7-4(5(11)12)2-1-3-10-6(8)9/h1-2,4-5,11H,3,6-8,15H2,(H,16,17)(H,18,19);1-5H,6-7,9H2;4H,1-3,7H2,(H,11,12)(H4,8,9,10)/t11-;;4-/m1.1/s1. The number of carboxylic acids is 3. The first-order valence-corrected chi connectivity index (χ1v) is 13.2. The molecule has 0 radical (unpaired) electrons. The van der Waals surface area contributed by atoms with Gasteiger partial charge in [0.15, 0.2) is 5.96 Å². The molecular weight excluding hydrogens is 548 g/mol. The smallest absolute Gasteiger partial charge is 0.328 e. The molecule has 42 heavy (non-hydrogen) atoms. The topological polar surface area (TPSA) is 278 Å². The van der Waals surface area contributed by atoms with Gasteiger partial charge >= 0.3 is 23.9 Å². The first kappa shape index (κ1) is 37.5. The number of nitrogens with two attached hydrogens (primary N) is 4. The first-order chi connectivity index (χ1) is 19.8. The van der Waals surface area contributed by atoms with Gasteiger partial charge in [-0.1, -0.05) is 42.5 Å². The van der Waals surface area contributed by atoms with Crippen molar-refractivity contribution in [2.24, 2.45) is 22.9 Å². The number of carbonyl (C=O) groups is 4. The molecule has 0 aliphatic rings. The highest BCUT2D eigenvalue weighted by Crippen LogP contribution is 2.14. The molecule has 0 aliphatic carbocycles. The van der Waals surface area contributed by atoms with Crippen molar-refractivity contribution in [3.63, 3.8) is 0 Å². The fraction of sp³-hybridized carbons (Fsp3) is 0.393. The number of rotatable bonds is 15. The molecule has 0 bridgehead atoms. The molecule has 0 spiro atoms. The van der Waals surface area contributed by atoms with Gasteiger partial charge in [-0.25, -0.2) is 4.79 Å². The number of aliphatic carboxylic acids is 3. The Morgan fingerprint density at radius 1 is 0.810 bits per heavy atom. The maximum Gasteiger partial charge on any atom is 0.328 e. The number of benzene rings is 2. The number of nitrogens with one attached hydrogen (secondary N) is 2. The zero-order valence-electron chi connectivity index (χ0n) is 23.4. The molecule has 2 aromatic carbocycles. The van der Waals surface area contributed by atoms with Crippen molar-refractivity contribution in [2.45, 2.75) is 57.0 Å². The minimum absolute atomic E-state index is 0.00482. The van der Waals surface area contributed by atoms with Crippen molar-refractivity contribution in [1.29, 1.82) is 5.41 Å². The van der Waals surface area contributed by atoms with Crippen LogP contribution in [0.4, 0.5) is 0 Å². The highest BCUT2D eigenvalue weighted by Gasteiger charge is 2.17. The summed E-state index contributed by atoms with van der Waals surface area (Å²) in [6, 6.07) is 14.8. The zero-order chi connectivity index (χ0) is 31.9. The predicted molar refractivity (Wildman–Crippen MR) is 157 cm³/mol. The number of hydrogen-bond acceptors (Lipinski definition) is 9. The molecule has 2 aromatic rings. The van der Waals surface area contributed by atoms with E-state index in [1.165, 1.54) is 5.56 Å². The Kier molecular flexibility index (Phi) is 19.8. The van der Waals surface area contributed by atoms with Crippen LogP contribution in [0.2, 0.25) is 0 Å². The summed E-state index contributed by atoms with van der Waals surface area (Å²) in [7, 11) is 0. The van der Waals surface area contributed by atoms with Crippen LogP contribution in [0.3, 0.4) is 0 Å². The van der Waals surface area contributed by atoms with E-state index in [1.54, 1.807) is 24.3 Å². The second kappa shape index (κ2) is 22.2. The Morgan fingerprint density at radius 2 is 1.38 bits per heavy atom. The minimum atomic E-state index is -1.03. The summed E-state index contributed by atoms with van der Waals surface area (Å²) in [5.74, 6) is -3.44. The van der Waals surface area contributed by atoms with Crippen LogP contribution in [-0.4, -0.2) is 70.3 Å². The SMILES string of the molecule is N=C(N)NCCC[C@@H](N)C(=O)O.NCCc1ccccc1.N[C@H](CCC(=O)O)C(=O)Oc1ccc(CCC(=O)O)cc1. The molecule has 0 aliphatic heterocycles. The van der Waals surface area contributed by atoms with Crippen molar-refractivity contribution in [2.75, 3.05) is 13.1 Å². The van der Waals surface area contributed by atoms with E-state index in [-0.39, 0.29) is 31.0 Å². The van der Waals surface area contributed by atoms with Gasteiger partial charge in [-0.2, -0.15) is 0 Å². The third-order valence-electron chi connectivity index (χ3n) is 5.34. The van der Waals surface area contributed by atoms with Gasteiger partial charge in [0.05, 0.1) is 0 Å². The fourth-order valence-corrected chi connectivity index (χ4v) is 3.04. The minimum Gasteiger partial charge on any atom is -0.481 e. The van der Waals surface area contributed by atoms with Crippen molar-refractivity contribution < 1.29 is 39.2 Å². The number of esters is 1. The van der Waals surface area contributed by atoms with Crippen LogP contribution < -0.4 is 33.0 Å². The molecule has 0 fully saturated rings. The third kappa shape index (κ3) is 20.4. The monoisotopic (exact) mass is 590 g/mol. The molecule has 0 saturated carbocycles. The first-order valence-electron chi connectivity index (χ1n) is 13.2. The highest BCUT2D eigenvalue weighted by molar-refractivity contribution is 5.79. The quantitative estimate of drug-likeness (QED) is 0.0453. The fourth-order valence-electron chi connectivity index (χ4n) is 3.04. The number of carboxylic acid groups (broad SMARTS) is 3. The zero-order valence-corrected chi connectivity index (χ0v) is 23.4. The molecule has 2 atom stereocenters. The maximum atomic E-state index is 11.6. The third-order valence-corrected chi connectivity index (χ3v) is 5.34. The van der Waals surface area contributed by atoms with Crippen LogP contribution in [0.15, 0.2) is 54.6 Å². The van der Waals surface area contributed by atoms with Gasteiger partial charge in [0, 0.05) is 19.4 Å². The van der Waals surface area contributed by atoms with Crippen LogP contribution in [0, 0.1) is 5.41 Å². The maximum absolute atomic E-state index is 11.6. The molecule has 0 heterocycles. The number of aryl methyl sites for hydroxylation is 1. The largest absolute Gasteiger partial charge is 0.481 e. The summed E-state index contributed by atoms with van der Waals surface area (Å²) < 4.78 is 5.02. The molecule has 0 amide bonds. The lowest BCUT2D eigenvalue weighted by Crippen LogP contribution is -2.34. The van der Waals surface area contributed by atoms with Crippen LogP contribution in [-0.2, 0) is 32.0 Å². The average molecular weight is 591 g/mol. The average Bonchev–Trinajstić information content (AvgIpc) is 2.94. The van der Waals surface area contributed by atoms with Crippen molar-refractivity contribution in [3.8, 4) is 5.75 Å². The van der Waals surface area contributed by atoms with Gasteiger partial charge < -0.3 is 48.3 Å². The van der Waals surface area contributed by atoms with Crippen LogP contribution >= 0.6 is 0 Å². The summed E-state index contributed by atoms with van der Waals surface area (Å²) in [6.45, 7) is 1.22. The second-order valence-corrected chi connectivity index (χ2v) is 8.95. The van der Waals surface area contributed by atoms with E-state index in [9.17, 15) is 19.2 Å². The Morgan fingerprint density at radius 3 is 1.88 bits per heavy atom. The van der Waals surface area contributed by atoms with Crippen molar-refractivity contribution in [1.82, 2.24) is 5.32 Å². The van der Waals surface area contributed by atoms with Gasteiger partial charge in [0.2, 0.25) is 0 Å². The lowest BCUT2D eigenvalue weighted by atomic mass is 10.1. The molecule has 0 unspecified atom stereocenters. The van der Waals surface area contributed by atoms with Gasteiger partial charge in [0.1, 0.15) is 17.8 Å². The summed E-state index contributed by atoms with van der Waals surface area (Å²) in [5, 5.41) is 34.8. The summed E-state index contributed by atoms with van der Waals surface area (Å²) in [4.78, 5) is 42.6. The van der Waals surface area contributed by atoms with E-state index in [2.05, 4.69) is 17.4 Å². The molecule has 0 saturated heterocycles. The van der Waals surface area contributed by atoms with Crippen LogP contribution in [0.1, 0.15) is 43.2 Å². The Hall–Kier alpha value is -4.53. The van der Waals surface area contributed by atoms with Gasteiger partial charge in [-0.3, -0.25) is 19.8 Å². The van der Waals surface area contributed by atoms with Crippen molar-refractivity contribution in [3.05, 3.63) is 65.7 Å². The number of guanidine groups is 1. The molecule has 2 rings (SSSR count). The lowest BCUT2D eigenvalue weighted by Gasteiger charge is -2.10. The Labute approximate surface area is 244 Å². The molecule has 14 heteroatoms. The molecule has 232 valence electrons.